The van der Waals surface area contributed by atoms with Gasteiger partial charge in [-0.1, -0.05) is 41.9 Å². The van der Waals surface area contributed by atoms with Crippen LogP contribution in [0.25, 0.3) is 11.1 Å². The topological polar surface area (TPSA) is 51.5 Å². The summed E-state index contributed by atoms with van der Waals surface area (Å²) < 4.78 is 7.56. The van der Waals surface area contributed by atoms with Gasteiger partial charge in [-0.3, -0.25) is 9.59 Å². The number of para-hydroxylation sites is 1. The van der Waals surface area contributed by atoms with Crippen LogP contribution in [0.3, 0.4) is 0 Å². The summed E-state index contributed by atoms with van der Waals surface area (Å²) in [6, 6.07) is 20.7. The highest BCUT2D eigenvalue weighted by molar-refractivity contribution is 6.30. The molecule has 2 aliphatic rings. The lowest BCUT2D eigenvalue weighted by molar-refractivity contribution is -0.136. The van der Waals surface area contributed by atoms with Crippen LogP contribution in [0.15, 0.2) is 71.5 Å². The molecule has 1 fully saturated rings. The van der Waals surface area contributed by atoms with E-state index in [9.17, 15) is 9.59 Å². The van der Waals surface area contributed by atoms with E-state index in [-0.39, 0.29) is 29.9 Å². The summed E-state index contributed by atoms with van der Waals surface area (Å²) in [5.74, 6) is 1.12. The fraction of sp³-hybridized carbons (Fsp3) is 0.280. The first kappa shape index (κ1) is 19.9. The average Bonchev–Trinajstić information content (AvgIpc) is 2.79. The molecule has 0 spiro atoms. The van der Waals surface area contributed by atoms with E-state index in [1.807, 2.05) is 64.1 Å². The predicted octanol–water partition coefficient (Wildman–Crippen LogP) is 4.19. The molecule has 5 nitrogen and oxygen atoms in total. The van der Waals surface area contributed by atoms with E-state index in [1.54, 1.807) is 12.1 Å². The van der Waals surface area contributed by atoms with Gasteiger partial charge in [-0.25, -0.2) is 0 Å². The molecule has 2 atom stereocenters. The molecule has 1 amide bonds. The molecule has 158 valence electrons. The van der Waals surface area contributed by atoms with Crippen LogP contribution in [-0.4, -0.2) is 35.1 Å². The molecule has 2 bridgehead atoms. The number of carbonyl (C=O) groups excluding carboxylic acids is 1. The number of amides is 1. The first-order chi connectivity index (χ1) is 15.1. The molecule has 2 aromatic carbocycles. The number of hydrogen-bond donors (Lipinski definition) is 0. The van der Waals surface area contributed by atoms with Crippen molar-refractivity contribution < 1.29 is 9.53 Å². The SMILES string of the molecule is O=C(COc1ccccc1)N1CC2CC(C1)c1ccc(-c3ccc(Cl)cc3)c(=O)n1C2. The Balaban J connectivity index is 1.34. The number of carbonyl (C=O) groups is 1. The molecule has 2 unspecified atom stereocenters. The number of fused-ring (bicyclic) bond motifs is 4. The molecule has 0 saturated carbocycles. The van der Waals surface area contributed by atoms with E-state index in [1.165, 1.54) is 0 Å². The summed E-state index contributed by atoms with van der Waals surface area (Å²) in [6.45, 7) is 1.94. The molecular formula is C25H23ClN2O3. The maximum Gasteiger partial charge on any atom is 0.260 e. The zero-order valence-electron chi connectivity index (χ0n) is 17.0. The second kappa shape index (κ2) is 8.23. The highest BCUT2D eigenvalue weighted by atomic mass is 35.5. The number of pyridine rings is 1. The molecule has 3 aromatic rings. The molecule has 3 heterocycles. The van der Waals surface area contributed by atoms with Gasteiger partial charge in [0.2, 0.25) is 0 Å². The third-order valence-corrected chi connectivity index (χ3v) is 6.47. The number of halogens is 1. The molecule has 5 rings (SSSR count). The molecule has 1 saturated heterocycles. The molecule has 31 heavy (non-hydrogen) atoms. The Morgan fingerprint density at radius 1 is 0.968 bits per heavy atom. The number of rotatable bonds is 4. The van der Waals surface area contributed by atoms with Gasteiger partial charge in [0.25, 0.3) is 11.5 Å². The normalized spacial score (nSPS) is 19.6. The molecule has 0 radical (unpaired) electrons. The quantitative estimate of drug-likeness (QED) is 0.618. The Labute approximate surface area is 185 Å². The maximum absolute atomic E-state index is 13.2. The third kappa shape index (κ3) is 3.98. The monoisotopic (exact) mass is 434 g/mol. The maximum atomic E-state index is 13.2. The minimum Gasteiger partial charge on any atom is -0.484 e. The first-order valence-electron chi connectivity index (χ1n) is 10.5. The molecule has 1 aromatic heterocycles. The molecule has 6 heteroatoms. The number of likely N-dealkylation sites (tertiary alicyclic amines) is 1. The van der Waals surface area contributed by atoms with Crippen LogP contribution in [-0.2, 0) is 11.3 Å². The van der Waals surface area contributed by atoms with Crippen LogP contribution in [0.4, 0.5) is 0 Å². The second-order valence-electron chi connectivity index (χ2n) is 8.29. The van der Waals surface area contributed by atoms with Crippen molar-refractivity contribution in [3.05, 3.63) is 87.8 Å². The summed E-state index contributed by atoms with van der Waals surface area (Å²) in [4.78, 5) is 27.9. The van der Waals surface area contributed by atoms with E-state index < -0.39 is 0 Å². The molecule has 2 aliphatic heterocycles. The Morgan fingerprint density at radius 3 is 2.52 bits per heavy atom. The Kier molecular flexibility index (Phi) is 5.28. The van der Waals surface area contributed by atoms with Crippen LogP contribution in [0.1, 0.15) is 18.0 Å². The minimum absolute atomic E-state index is 0.00728. The van der Waals surface area contributed by atoms with E-state index in [0.717, 1.165) is 17.7 Å². The predicted molar refractivity (Wildman–Crippen MR) is 121 cm³/mol. The fourth-order valence-electron chi connectivity index (χ4n) is 4.75. The zero-order chi connectivity index (χ0) is 21.4. The number of benzene rings is 2. The Hall–Kier alpha value is -3.05. The first-order valence-corrected chi connectivity index (χ1v) is 10.9. The van der Waals surface area contributed by atoms with Gasteiger partial charge < -0.3 is 14.2 Å². The Bertz CT molecular complexity index is 1160. The highest BCUT2D eigenvalue weighted by Gasteiger charge is 2.36. The standard InChI is InChI=1S/C25H23ClN2O3/c26-20-8-6-18(7-9-20)22-10-11-23-19-12-17(14-28(23)25(22)30)13-27(15-19)24(29)16-31-21-4-2-1-3-5-21/h1-11,17,19H,12-16H2. The second-order valence-corrected chi connectivity index (χ2v) is 8.73. The van der Waals surface area contributed by atoms with Crippen molar-refractivity contribution in [2.24, 2.45) is 5.92 Å². The van der Waals surface area contributed by atoms with Crippen LogP contribution in [0.5, 0.6) is 5.75 Å². The lowest BCUT2D eigenvalue weighted by atomic mass is 9.82. The van der Waals surface area contributed by atoms with Gasteiger partial charge in [-0.2, -0.15) is 0 Å². The van der Waals surface area contributed by atoms with Gasteiger partial charge in [0.1, 0.15) is 5.75 Å². The fourth-order valence-corrected chi connectivity index (χ4v) is 4.88. The van der Waals surface area contributed by atoms with Gasteiger partial charge in [-0.05, 0) is 54.3 Å². The average molecular weight is 435 g/mol. The van der Waals surface area contributed by atoms with Crippen molar-refractivity contribution in [3.8, 4) is 16.9 Å². The van der Waals surface area contributed by atoms with Crippen molar-refractivity contribution in [3.63, 3.8) is 0 Å². The number of piperidine rings is 1. The van der Waals surface area contributed by atoms with Gasteiger partial charge >= 0.3 is 0 Å². The van der Waals surface area contributed by atoms with E-state index in [0.29, 0.717) is 36.0 Å². The zero-order valence-corrected chi connectivity index (χ0v) is 17.8. The molecular weight excluding hydrogens is 412 g/mol. The van der Waals surface area contributed by atoms with Crippen molar-refractivity contribution >= 4 is 17.5 Å². The van der Waals surface area contributed by atoms with Gasteiger partial charge in [0.15, 0.2) is 6.61 Å². The van der Waals surface area contributed by atoms with Crippen molar-refractivity contribution in [1.82, 2.24) is 9.47 Å². The lowest BCUT2D eigenvalue weighted by Gasteiger charge is -2.42. The lowest BCUT2D eigenvalue weighted by Crippen LogP contribution is -2.50. The molecule has 0 N–H and O–H groups in total. The summed E-state index contributed by atoms with van der Waals surface area (Å²) in [7, 11) is 0. The van der Waals surface area contributed by atoms with Crippen LogP contribution in [0.2, 0.25) is 5.02 Å². The van der Waals surface area contributed by atoms with Crippen LogP contribution in [0, 0.1) is 5.92 Å². The van der Waals surface area contributed by atoms with Crippen molar-refractivity contribution in [1.29, 1.82) is 0 Å². The van der Waals surface area contributed by atoms with Gasteiger partial charge in [0.05, 0.1) is 0 Å². The van der Waals surface area contributed by atoms with E-state index >= 15 is 0 Å². The van der Waals surface area contributed by atoms with E-state index in [4.69, 9.17) is 16.3 Å². The summed E-state index contributed by atoms with van der Waals surface area (Å²) in [6.07, 6.45) is 1.00. The van der Waals surface area contributed by atoms with E-state index in [2.05, 4.69) is 0 Å². The number of ether oxygens (including phenoxy) is 1. The van der Waals surface area contributed by atoms with Crippen molar-refractivity contribution in [2.45, 2.75) is 18.9 Å². The summed E-state index contributed by atoms with van der Waals surface area (Å²) in [5.41, 5.74) is 2.60. The van der Waals surface area contributed by atoms with Gasteiger partial charge in [-0.15, -0.1) is 0 Å². The third-order valence-electron chi connectivity index (χ3n) is 6.22. The number of nitrogens with zero attached hydrogens (tertiary/aromatic N) is 2. The highest BCUT2D eigenvalue weighted by Crippen LogP contribution is 2.36. The Morgan fingerprint density at radius 2 is 1.74 bits per heavy atom. The smallest absolute Gasteiger partial charge is 0.260 e. The van der Waals surface area contributed by atoms with Crippen molar-refractivity contribution in [2.75, 3.05) is 19.7 Å². The minimum atomic E-state index is -0.00728. The van der Waals surface area contributed by atoms with Crippen LogP contribution >= 0.6 is 11.6 Å². The summed E-state index contributed by atoms with van der Waals surface area (Å²) in [5, 5.41) is 0.650. The molecule has 0 aliphatic carbocycles. The van der Waals surface area contributed by atoms with Gasteiger partial charge in [0, 0.05) is 41.8 Å². The number of hydrogen-bond acceptors (Lipinski definition) is 3. The largest absolute Gasteiger partial charge is 0.484 e. The van der Waals surface area contributed by atoms with Crippen LogP contribution < -0.4 is 10.3 Å². The number of aromatic nitrogens is 1. The summed E-state index contributed by atoms with van der Waals surface area (Å²) >= 11 is 5.99.